The van der Waals surface area contributed by atoms with E-state index in [2.05, 4.69) is 17.5 Å². The zero-order valence-corrected chi connectivity index (χ0v) is 11.2. The fourth-order valence-electron chi connectivity index (χ4n) is 1.45. The smallest absolute Gasteiger partial charge is 0.328 e. The summed E-state index contributed by atoms with van der Waals surface area (Å²) in [4.78, 5) is 10.4. The molecular formula is C14H12O2S2. The molecule has 18 heavy (non-hydrogen) atoms. The Morgan fingerprint density at radius 1 is 1.33 bits per heavy atom. The van der Waals surface area contributed by atoms with Crippen LogP contribution in [0.3, 0.4) is 0 Å². The molecule has 92 valence electrons. The lowest BCUT2D eigenvalue weighted by molar-refractivity contribution is -0.131. The van der Waals surface area contributed by atoms with Crippen LogP contribution in [0.4, 0.5) is 0 Å². The van der Waals surface area contributed by atoms with E-state index in [0.717, 1.165) is 17.4 Å². The van der Waals surface area contributed by atoms with Crippen molar-refractivity contribution in [3.63, 3.8) is 0 Å². The maximum Gasteiger partial charge on any atom is 0.328 e. The van der Waals surface area contributed by atoms with E-state index in [4.69, 9.17) is 5.11 Å². The van der Waals surface area contributed by atoms with Crippen LogP contribution >= 0.6 is 23.1 Å². The lowest BCUT2D eigenvalue weighted by atomic mass is 10.1. The predicted molar refractivity (Wildman–Crippen MR) is 77.0 cm³/mol. The highest BCUT2D eigenvalue weighted by Gasteiger charge is 1.98. The van der Waals surface area contributed by atoms with Gasteiger partial charge < -0.3 is 5.11 Å². The van der Waals surface area contributed by atoms with Gasteiger partial charge in [0, 0.05) is 11.8 Å². The molecule has 0 aliphatic rings. The monoisotopic (exact) mass is 276 g/mol. The summed E-state index contributed by atoms with van der Waals surface area (Å²) >= 11 is 3.52. The van der Waals surface area contributed by atoms with Gasteiger partial charge in [0.05, 0.1) is 4.21 Å². The van der Waals surface area contributed by atoms with Gasteiger partial charge in [0.1, 0.15) is 0 Å². The van der Waals surface area contributed by atoms with E-state index >= 15 is 0 Å². The van der Waals surface area contributed by atoms with Crippen molar-refractivity contribution in [1.82, 2.24) is 0 Å². The average Bonchev–Trinajstić information content (AvgIpc) is 2.87. The number of rotatable bonds is 5. The molecule has 0 amide bonds. The summed E-state index contributed by atoms with van der Waals surface area (Å²) in [6, 6.07) is 12.1. The quantitative estimate of drug-likeness (QED) is 0.659. The molecule has 1 heterocycles. The van der Waals surface area contributed by atoms with Gasteiger partial charge in [0.2, 0.25) is 0 Å². The zero-order chi connectivity index (χ0) is 12.8. The molecular weight excluding hydrogens is 264 g/mol. The Balaban J connectivity index is 2.01. The molecule has 2 nitrogen and oxygen atoms in total. The van der Waals surface area contributed by atoms with Crippen LogP contribution in [0.1, 0.15) is 11.1 Å². The summed E-state index contributed by atoms with van der Waals surface area (Å²) in [7, 11) is 0. The number of carboxylic acid groups (broad SMARTS) is 1. The van der Waals surface area contributed by atoms with E-state index in [9.17, 15) is 4.79 Å². The summed E-state index contributed by atoms with van der Waals surface area (Å²) in [5, 5.41) is 10.6. The topological polar surface area (TPSA) is 37.3 Å². The second-order valence-electron chi connectivity index (χ2n) is 3.64. The SMILES string of the molecule is O=C(O)C=Cc1cccc(CSc2cccs2)c1. The van der Waals surface area contributed by atoms with Crippen molar-refractivity contribution in [3.05, 3.63) is 59.0 Å². The molecule has 0 bridgehead atoms. The fraction of sp³-hybridized carbons (Fsp3) is 0.0714. The molecule has 4 heteroatoms. The molecule has 0 aliphatic heterocycles. The molecule has 0 spiro atoms. The van der Waals surface area contributed by atoms with Gasteiger partial charge >= 0.3 is 5.97 Å². The van der Waals surface area contributed by atoms with Gasteiger partial charge in [-0.15, -0.1) is 23.1 Å². The minimum absolute atomic E-state index is 0.898. The molecule has 0 aliphatic carbocycles. The first-order chi connectivity index (χ1) is 8.74. The Morgan fingerprint density at radius 2 is 2.22 bits per heavy atom. The van der Waals surface area contributed by atoms with E-state index in [1.54, 1.807) is 29.2 Å². The molecule has 1 aromatic heterocycles. The second-order valence-corrected chi connectivity index (χ2v) is 5.86. The Kier molecular flexibility index (Phi) is 4.61. The molecule has 0 fully saturated rings. The molecule has 1 N–H and O–H groups in total. The predicted octanol–water partition coefficient (Wildman–Crippen LogP) is 4.14. The summed E-state index contributed by atoms with van der Waals surface area (Å²) in [6.07, 6.45) is 2.77. The van der Waals surface area contributed by atoms with E-state index in [1.165, 1.54) is 9.77 Å². The van der Waals surface area contributed by atoms with Crippen LogP contribution in [0.5, 0.6) is 0 Å². The minimum atomic E-state index is -0.923. The Labute approximate surface area is 114 Å². The summed E-state index contributed by atoms with van der Waals surface area (Å²) in [5.74, 6) is -0.0247. The van der Waals surface area contributed by atoms with Gasteiger partial charge in [-0.2, -0.15) is 0 Å². The maximum absolute atomic E-state index is 10.4. The van der Waals surface area contributed by atoms with Gasteiger partial charge in [-0.1, -0.05) is 30.3 Å². The fourth-order valence-corrected chi connectivity index (χ4v) is 3.18. The van der Waals surface area contributed by atoms with Crippen molar-refractivity contribution in [3.8, 4) is 0 Å². The number of hydrogen-bond acceptors (Lipinski definition) is 3. The van der Waals surface area contributed by atoms with E-state index in [1.807, 2.05) is 24.3 Å². The number of aliphatic carboxylic acids is 1. The van der Waals surface area contributed by atoms with Gasteiger partial charge in [-0.05, 0) is 28.6 Å². The van der Waals surface area contributed by atoms with E-state index < -0.39 is 5.97 Å². The molecule has 0 unspecified atom stereocenters. The third-order valence-electron chi connectivity index (χ3n) is 2.25. The third-order valence-corrected chi connectivity index (χ3v) is 4.45. The molecule has 1 aromatic carbocycles. The molecule has 0 saturated carbocycles. The Bertz CT molecular complexity index is 545. The van der Waals surface area contributed by atoms with Crippen LogP contribution < -0.4 is 0 Å². The first kappa shape index (κ1) is 12.9. The van der Waals surface area contributed by atoms with Crippen molar-refractivity contribution >= 4 is 35.1 Å². The van der Waals surface area contributed by atoms with Gasteiger partial charge in [-0.3, -0.25) is 0 Å². The van der Waals surface area contributed by atoms with Crippen LogP contribution in [-0.2, 0) is 10.5 Å². The van der Waals surface area contributed by atoms with Crippen molar-refractivity contribution in [2.45, 2.75) is 9.96 Å². The maximum atomic E-state index is 10.4. The summed E-state index contributed by atoms with van der Waals surface area (Å²) < 4.78 is 1.29. The van der Waals surface area contributed by atoms with E-state index in [0.29, 0.717) is 0 Å². The van der Waals surface area contributed by atoms with Crippen LogP contribution in [0.2, 0.25) is 0 Å². The highest BCUT2D eigenvalue weighted by Crippen LogP contribution is 2.27. The summed E-state index contributed by atoms with van der Waals surface area (Å²) in [6.45, 7) is 0. The molecule has 2 rings (SSSR count). The molecule has 0 atom stereocenters. The number of thioether (sulfide) groups is 1. The minimum Gasteiger partial charge on any atom is -0.478 e. The number of thiophene rings is 1. The van der Waals surface area contributed by atoms with Crippen LogP contribution in [0.15, 0.2) is 52.1 Å². The number of benzene rings is 1. The average molecular weight is 276 g/mol. The lowest BCUT2D eigenvalue weighted by Gasteiger charge is -2.01. The number of carboxylic acids is 1. The van der Waals surface area contributed by atoms with Crippen LogP contribution in [0.25, 0.3) is 6.08 Å². The van der Waals surface area contributed by atoms with Crippen molar-refractivity contribution in [2.75, 3.05) is 0 Å². The second kappa shape index (κ2) is 6.42. The normalized spacial score (nSPS) is 10.9. The van der Waals surface area contributed by atoms with Crippen molar-refractivity contribution < 1.29 is 9.90 Å². The number of hydrogen-bond donors (Lipinski definition) is 1. The largest absolute Gasteiger partial charge is 0.478 e. The number of carbonyl (C=O) groups is 1. The summed E-state index contributed by atoms with van der Waals surface area (Å²) in [5.41, 5.74) is 2.11. The highest BCUT2D eigenvalue weighted by molar-refractivity contribution is 8.00. The first-order valence-electron chi connectivity index (χ1n) is 5.40. The van der Waals surface area contributed by atoms with Gasteiger partial charge in [0.25, 0.3) is 0 Å². The molecule has 0 saturated heterocycles. The Hall–Kier alpha value is -1.52. The third kappa shape index (κ3) is 4.05. The van der Waals surface area contributed by atoms with Gasteiger partial charge in [-0.25, -0.2) is 4.79 Å². The van der Waals surface area contributed by atoms with Crippen LogP contribution in [0, 0.1) is 0 Å². The molecule has 0 radical (unpaired) electrons. The van der Waals surface area contributed by atoms with Crippen molar-refractivity contribution in [2.24, 2.45) is 0 Å². The van der Waals surface area contributed by atoms with Gasteiger partial charge in [0.15, 0.2) is 0 Å². The zero-order valence-electron chi connectivity index (χ0n) is 9.58. The lowest BCUT2D eigenvalue weighted by Crippen LogP contribution is -1.86. The Morgan fingerprint density at radius 3 is 2.94 bits per heavy atom. The highest BCUT2D eigenvalue weighted by atomic mass is 32.2. The molecule has 2 aromatic rings. The van der Waals surface area contributed by atoms with E-state index in [-0.39, 0.29) is 0 Å². The first-order valence-corrected chi connectivity index (χ1v) is 7.27. The van der Waals surface area contributed by atoms with Crippen LogP contribution in [-0.4, -0.2) is 11.1 Å². The van der Waals surface area contributed by atoms with Crippen molar-refractivity contribution in [1.29, 1.82) is 0 Å². The standard InChI is InChI=1S/C14H12O2S2/c15-13(16)7-6-11-3-1-4-12(9-11)10-18-14-5-2-8-17-14/h1-9H,10H2,(H,15,16).